The average molecular weight is 409 g/mol. The number of hydrogen-bond acceptors (Lipinski definition) is 5. The minimum absolute atomic E-state index is 0.0904. The van der Waals surface area contributed by atoms with Crippen molar-refractivity contribution in [3.05, 3.63) is 59.4 Å². The number of hydrogen-bond donors (Lipinski definition) is 2. The third-order valence-corrected chi connectivity index (χ3v) is 5.90. The van der Waals surface area contributed by atoms with E-state index < -0.39 is 5.95 Å². The van der Waals surface area contributed by atoms with Crippen LogP contribution in [0.3, 0.4) is 0 Å². The maximum absolute atomic E-state index is 14.4. The van der Waals surface area contributed by atoms with Gasteiger partial charge in [0.25, 0.3) is 0 Å². The lowest BCUT2D eigenvalue weighted by Gasteiger charge is -2.29. The molecule has 7 heteroatoms. The number of anilines is 1. The molecular weight excluding hydrogens is 379 g/mol. The van der Waals surface area contributed by atoms with Crippen molar-refractivity contribution in [2.75, 3.05) is 26.0 Å². The van der Waals surface area contributed by atoms with Crippen LogP contribution in [0.5, 0.6) is 0 Å². The maximum atomic E-state index is 14.4. The van der Waals surface area contributed by atoms with Crippen molar-refractivity contribution in [3.8, 4) is 11.3 Å². The average Bonchev–Trinajstić information content (AvgIpc) is 3.10. The second kappa shape index (κ2) is 8.14. The first-order valence-electron chi connectivity index (χ1n) is 10.4. The van der Waals surface area contributed by atoms with E-state index in [1.807, 2.05) is 38.5 Å². The molecule has 3 aromatic heterocycles. The van der Waals surface area contributed by atoms with Crippen LogP contribution in [0.2, 0.25) is 0 Å². The monoisotopic (exact) mass is 408 g/mol. The summed E-state index contributed by atoms with van der Waals surface area (Å²) in [6.45, 7) is 5.13. The van der Waals surface area contributed by atoms with E-state index in [0.717, 1.165) is 41.8 Å². The quantitative estimate of drug-likeness (QED) is 0.597. The van der Waals surface area contributed by atoms with E-state index in [-0.39, 0.29) is 11.5 Å². The molecule has 3 aromatic rings. The Hall–Kier alpha value is -2.80. The van der Waals surface area contributed by atoms with E-state index in [1.54, 1.807) is 6.20 Å². The smallest absolute Gasteiger partial charge is 0.215 e. The highest BCUT2D eigenvalue weighted by Crippen LogP contribution is 2.38. The molecule has 30 heavy (non-hydrogen) atoms. The van der Waals surface area contributed by atoms with Gasteiger partial charge in [0.1, 0.15) is 5.82 Å². The second-order valence-electron chi connectivity index (χ2n) is 9.08. The first kappa shape index (κ1) is 20.5. The molecule has 2 N–H and O–H groups in total. The van der Waals surface area contributed by atoms with Crippen molar-refractivity contribution in [3.63, 3.8) is 0 Å². The minimum Gasteiger partial charge on any atom is -0.368 e. The first-order valence-corrected chi connectivity index (χ1v) is 10.4. The number of nitrogens with one attached hydrogen (secondary N) is 2. The molecule has 1 unspecified atom stereocenters. The summed E-state index contributed by atoms with van der Waals surface area (Å²) in [7, 11) is 4.03. The van der Waals surface area contributed by atoms with Gasteiger partial charge in [-0.25, -0.2) is 4.98 Å². The van der Waals surface area contributed by atoms with Crippen LogP contribution < -0.4 is 5.32 Å². The van der Waals surface area contributed by atoms with Gasteiger partial charge in [-0.3, -0.25) is 10.1 Å². The fraction of sp³-hybridized carbons (Fsp3) is 0.435. The van der Waals surface area contributed by atoms with Crippen LogP contribution in [0, 0.1) is 11.4 Å². The number of nitrogens with zero attached hydrogens (tertiary/aromatic N) is 4. The molecule has 158 valence electrons. The summed E-state index contributed by atoms with van der Waals surface area (Å²) >= 11 is 0. The van der Waals surface area contributed by atoms with Crippen molar-refractivity contribution in [1.29, 1.82) is 0 Å². The molecule has 0 spiro atoms. The predicted molar refractivity (Wildman–Crippen MR) is 117 cm³/mol. The summed E-state index contributed by atoms with van der Waals surface area (Å²) in [6, 6.07) is 7.40. The number of halogens is 1. The minimum atomic E-state index is -0.509. The Bertz CT molecular complexity index is 1010. The first-order chi connectivity index (χ1) is 14.3. The van der Waals surface area contributed by atoms with Crippen LogP contribution in [-0.2, 0) is 12.8 Å². The number of aromatic nitrogens is 4. The molecule has 0 bridgehead atoms. The van der Waals surface area contributed by atoms with Crippen molar-refractivity contribution in [1.82, 2.24) is 25.1 Å². The van der Waals surface area contributed by atoms with Gasteiger partial charge in [-0.2, -0.15) is 9.49 Å². The van der Waals surface area contributed by atoms with Crippen molar-refractivity contribution in [2.45, 2.75) is 39.2 Å². The Morgan fingerprint density at radius 1 is 1.30 bits per heavy atom. The van der Waals surface area contributed by atoms with Gasteiger partial charge in [0.05, 0.1) is 11.7 Å². The van der Waals surface area contributed by atoms with E-state index in [4.69, 9.17) is 0 Å². The SMILES string of the molecule is CN(C)C(CNc1cc(-c2n[nH]c3c2CCC(C)(C)C3)cc(F)n1)c1cccnc1. The van der Waals surface area contributed by atoms with E-state index in [2.05, 4.69) is 44.2 Å². The van der Waals surface area contributed by atoms with E-state index >= 15 is 0 Å². The molecule has 0 aromatic carbocycles. The number of aromatic amines is 1. The molecule has 6 nitrogen and oxygen atoms in total. The van der Waals surface area contributed by atoms with Gasteiger partial charge in [-0.05, 0) is 56.5 Å². The molecular formula is C23H29FN6. The molecule has 1 aliphatic carbocycles. The Kier molecular flexibility index (Phi) is 5.56. The standard InChI is InChI=1S/C23H29FN6/c1-23(2)8-7-17-18(12-23)28-29-22(17)16-10-20(24)27-21(11-16)26-14-19(30(3)4)15-6-5-9-25-13-15/h5-6,9-11,13,19H,7-8,12,14H2,1-4H3,(H,26,27)(H,28,29). The Morgan fingerprint density at radius 3 is 2.87 bits per heavy atom. The largest absolute Gasteiger partial charge is 0.368 e. The van der Waals surface area contributed by atoms with Gasteiger partial charge in [0, 0.05) is 41.8 Å². The van der Waals surface area contributed by atoms with E-state index in [0.29, 0.717) is 12.4 Å². The highest BCUT2D eigenvalue weighted by atomic mass is 19.1. The lowest BCUT2D eigenvalue weighted by molar-refractivity contribution is 0.311. The topological polar surface area (TPSA) is 69.7 Å². The van der Waals surface area contributed by atoms with Crippen LogP contribution in [-0.4, -0.2) is 45.7 Å². The zero-order chi connectivity index (χ0) is 21.3. The van der Waals surface area contributed by atoms with Crippen LogP contribution in [0.15, 0.2) is 36.7 Å². The Labute approximate surface area is 177 Å². The predicted octanol–water partition coefficient (Wildman–Crippen LogP) is 4.24. The molecule has 4 rings (SSSR count). The van der Waals surface area contributed by atoms with Crippen molar-refractivity contribution >= 4 is 5.82 Å². The fourth-order valence-electron chi connectivity index (χ4n) is 4.18. The summed E-state index contributed by atoms with van der Waals surface area (Å²) in [5.41, 5.74) is 5.31. The van der Waals surface area contributed by atoms with E-state index in [1.165, 1.54) is 11.6 Å². The second-order valence-corrected chi connectivity index (χ2v) is 9.08. The lowest BCUT2D eigenvalue weighted by Crippen LogP contribution is -2.27. The van der Waals surface area contributed by atoms with Gasteiger partial charge in [0.15, 0.2) is 0 Å². The molecule has 0 saturated carbocycles. The summed E-state index contributed by atoms with van der Waals surface area (Å²) in [4.78, 5) is 10.4. The normalized spacial score (nSPS) is 16.3. The molecule has 1 aliphatic rings. The third-order valence-electron chi connectivity index (χ3n) is 5.90. The summed E-state index contributed by atoms with van der Waals surface area (Å²) < 4.78 is 14.4. The van der Waals surface area contributed by atoms with Crippen molar-refractivity contribution in [2.24, 2.45) is 5.41 Å². The lowest BCUT2D eigenvalue weighted by atomic mass is 9.76. The van der Waals surface area contributed by atoms with Crippen LogP contribution >= 0.6 is 0 Å². The third kappa shape index (κ3) is 4.36. The molecule has 0 radical (unpaired) electrons. The number of likely N-dealkylation sites (N-methyl/N-ethyl adjacent to an activating group) is 1. The summed E-state index contributed by atoms with van der Waals surface area (Å²) in [5, 5.41) is 11.0. The van der Waals surface area contributed by atoms with Crippen molar-refractivity contribution < 1.29 is 4.39 Å². The van der Waals surface area contributed by atoms with Gasteiger partial charge < -0.3 is 10.2 Å². The van der Waals surface area contributed by atoms with Gasteiger partial charge >= 0.3 is 0 Å². The Morgan fingerprint density at radius 2 is 2.13 bits per heavy atom. The summed E-state index contributed by atoms with van der Waals surface area (Å²) in [5.74, 6) is -0.000648. The number of pyridine rings is 2. The maximum Gasteiger partial charge on any atom is 0.215 e. The van der Waals surface area contributed by atoms with Gasteiger partial charge in [-0.1, -0.05) is 19.9 Å². The van der Waals surface area contributed by atoms with E-state index in [9.17, 15) is 4.39 Å². The highest BCUT2D eigenvalue weighted by molar-refractivity contribution is 5.67. The zero-order valence-electron chi connectivity index (χ0n) is 18.0. The molecule has 0 amide bonds. The number of rotatable bonds is 6. The molecule has 3 heterocycles. The summed E-state index contributed by atoms with van der Waals surface area (Å²) in [6.07, 6.45) is 6.62. The van der Waals surface area contributed by atoms with Crippen LogP contribution in [0.1, 0.15) is 43.1 Å². The molecule has 0 aliphatic heterocycles. The fourth-order valence-corrected chi connectivity index (χ4v) is 4.18. The zero-order valence-corrected chi connectivity index (χ0v) is 18.0. The van der Waals surface area contributed by atoms with Gasteiger partial charge in [0.2, 0.25) is 5.95 Å². The molecule has 0 saturated heterocycles. The molecule has 0 fully saturated rings. The Balaban J connectivity index is 1.57. The number of fused-ring (bicyclic) bond motifs is 1. The van der Waals surface area contributed by atoms with Crippen LogP contribution in [0.4, 0.5) is 10.2 Å². The number of H-pyrrole nitrogens is 1. The van der Waals surface area contributed by atoms with Gasteiger partial charge in [-0.15, -0.1) is 0 Å². The highest BCUT2D eigenvalue weighted by Gasteiger charge is 2.29. The van der Waals surface area contributed by atoms with Crippen LogP contribution in [0.25, 0.3) is 11.3 Å². The molecule has 1 atom stereocenters.